The standard InChI is InChI=1S/C14H21N3O2S/c1-12(18)17-7-5-16(6-8-17)11-14(19)15(2)10-13-4-3-9-20-13/h3-4,9H,5-8,10-11H2,1-2H3. The number of carbonyl (C=O) groups excluding carboxylic acids is 2. The lowest BCUT2D eigenvalue weighted by Crippen LogP contribution is -2.50. The minimum atomic E-state index is 0.116. The molecule has 1 aromatic rings. The van der Waals surface area contributed by atoms with Crippen molar-refractivity contribution in [1.82, 2.24) is 14.7 Å². The van der Waals surface area contributed by atoms with Crippen LogP contribution in [0.3, 0.4) is 0 Å². The van der Waals surface area contributed by atoms with Gasteiger partial charge in [0.25, 0.3) is 0 Å². The summed E-state index contributed by atoms with van der Waals surface area (Å²) in [5, 5.41) is 2.02. The molecule has 2 rings (SSSR count). The normalized spacial score (nSPS) is 16.2. The van der Waals surface area contributed by atoms with Crippen LogP contribution in [0.15, 0.2) is 17.5 Å². The van der Waals surface area contributed by atoms with Gasteiger partial charge in [-0.1, -0.05) is 6.07 Å². The number of hydrogen-bond donors (Lipinski definition) is 0. The molecule has 0 bridgehead atoms. The summed E-state index contributed by atoms with van der Waals surface area (Å²) in [4.78, 5) is 30.3. The Kier molecular flexibility index (Phi) is 5.14. The second-order valence-electron chi connectivity index (χ2n) is 5.11. The third-order valence-electron chi connectivity index (χ3n) is 3.58. The highest BCUT2D eigenvalue weighted by atomic mass is 32.1. The van der Waals surface area contributed by atoms with Crippen molar-refractivity contribution in [2.75, 3.05) is 39.8 Å². The highest BCUT2D eigenvalue weighted by Crippen LogP contribution is 2.11. The van der Waals surface area contributed by atoms with Crippen LogP contribution in [-0.4, -0.2) is 66.3 Å². The van der Waals surface area contributed by atoms with Gasteiger partial charge in [-0.15, -0.1) is 11.3 Å². The number of thiophene rings is 1. The van der Waals surface area contributed by atoms with Gasteiger partial charge in [0.1, 0.15) is 0 Å². The van der Waals surface area contributed by atoms with E-state index in [1.54, 1.807) is 23.2 Å². The molecule has 0 N–H and O–H groups in total. The lowest BCUT2D eigenvalue weighted by Gasteiger charge is -2.34. The van der Waals surface area contributed by atoms with Crippen molar-refractivity contribution in [2.45, 2.75) is 13.5 Å². The van der Waals surface area contributed by atoms with Crippen LogP contribution in [0.2, 0.25) is 0 Å². The Morgan fingerprint density at radius 3 is 2.55 bits per heavy atom. The van der Waals surface area contributed by atoms with Gasteiger partial charge in [0, 0.05) is 45.0 Å². The molecule has 0 aromatic carbocycles. The van der Waals surface area contributed by atoms with Crippen LogP contribution in [0, 0.1) is 0 Å². The molecule has 0 radical (unpaired) electrons. The SMILES string of the molecule is CC(=O)N1CCN(CC(=O)N(C)Cc2cccs2)CC1. The van der Waals surface area contributed by atoms with Crippen molar-refractivity contribution in [3.8, 4) is 0 Å². The number of nitrogens with zero attached hydrogens (tertiary/aromatic N) is 3. The van der Waals surface area contributed by atoms with Crippen molar-refractivity contribution >= 4 is 23.2 Å². The summed E-state index contributed by atoms with van der Waals surface area (Å²) in [5.74, 6) is 0.250. The topological polar surface area (TPSA) is 43.9 Å². The van der Waals surface area contributed by atoms with Gasteiger partial charge in [-0.05, 0) is 11.4 Å². The average molecular weight is 295 g/mol. The molecule has 1 saturated heterocycles. The molecule has 1 aromatic heterocycles. The summed E-state index contributed by atoms with van der Waals surface area (Å²) in [7, 11) is 1.84. The first-order valence-corrected chi connectivity index (χ1v) is 7.68. The summed E-state index contributed by atoms with van der Waals surface area (Å²) in [6.45, 7) is 5.69. The van der Waals surface area contributed by atoms with Crippen LogP contribution >= 0.6 is 11.3 Å². The van der Waals surface area contributed by atoms with Gasteiger partial charge in [0.05, 0.1) is 13.1 Å². The summed E-state index contributed by atoms with van der Waals surface area (Å²) in [6.07, 6.45) is 0. The predicted octanol–water partition coefficient (Wildman–Crippen LogP) is 0.871. The van der Waals surface area contributed by atoms with Gasteiger partial charge in [-0.25, -0.2) is 0 Å². The Morgan fingerprint density at radius 1 is 1.30 bits per heavy atom. The van der Waals surface area contributed by atoms with E-state index in [9.17, 15) is 9.59 Å². The van der Waals surface area contributed by atoms with Crippen LogP contribution in [0.5, 0.6) is 0 Å². The molecule has 0 unspecified atom stereocenters. The van der Waals surface area contributed by atoms with Gasteiger partial charge >= 0.3 is 0 Å². The van der Waals surface area contributed by atoms with E-state index in [2.05, 4.69) is 4.90 Å². The smallest absolute Gasteiger partial charge is 0.236 e. The predicted molar refractivity (Wildman–Crippen MR) is 79.5 cm³/mol. The van der Waals surface area contributed by atoms with E-state index < -0.39 is 0 Å². The molecule has 0 spiro atoms. The molecule has 0 aliphatic carbocycles. The van der Waals surface area contributed by atoms with E-state index in [0.717, 1.165) is 26.2 Å². The van der Waals surface area contributed by atoms with Crippen LogP contribution < -0.4 is 0 Å². The summed E-state index contributed by atoms with van der Waals surface area (Å²) >= 11 is 1.67. The molecule has 0 saturated carbocycles. The molecule has 1 aliphatic heterocycles. The fraction of sp³-hybridized carbons (Fsp3) is 0.571. The number of carbonyl (C=O) groups is 2. The minimum Gasteiger partial charge on any atom is -0.340 e. The van der Waals surface area contributed by atoms with Crippen molar-refractivity contribution < 1.29 is 9.59 Å². The molecule has 2 heterocycles. The van der Waals surface area contributed by atoms with Gasteiger partial charge in [-0.2, -0.15) is 0 Å². The number of amides is 2. The van der Waals surface area contributed by atoms with Gasteiger partial charge in [0.15, 0.2) is 0 Å². The fourth-order valence-corrected chi connectivity index (χ4v) is 3.01. The van der Waals surface area contributed by atoms with Gasteiger partial charge in [0.2, 0.25) is 11.8 Å². The number of hydrogen-bond acceptors (Lipinski definition) is 4. The maximum atomic E-state index is 12.2. The van der Waals surface area contributed by atoms with Crippen molar-refractivity contribution in [1.29, 1.82) is 0 Å². The van der Waals surface area contributed by atoms with E-state index in [1.807, 2.05) is 29.5 Å². The first kappa shape index (κ1) is 15.0. The van der Waals surface area contributed by atoms with E-state index in [1.165, 1.54) is 4.88 Å². The Balaban J connectivity index is 1.76. The van der Waals surface area contributed by atoms with Crippen LogP contribution in [0.4, 0.5) is 0 Å². The van der Waals surface area contributed by atoms with E-state index in [0.29, 0.717) is 13.1 Å². The lowest BCUT2D eigenvalue weighted by atomic mass is 10.3. The van der Waals surface area contributed by atoms with Gasteiger partial charge in [-0.3, -0.25) is 14.5 Å². The zero-order chi connectivity index (χ0) is 14.5. The van der Waals surface area contributed by atoms with Gasteiger partial charge < -0.3 is 9.80 Å². The Hall–Kier alpha value is -1.40. The summed E-state index contributed by atoms with van der Waals surface area (Å²) in [5.41, 5.74) is 0. The second kappa shape index (κ2) is 6.85. The number of rotatable bonds is 4. The second-order valence-corrected chi connectivity index (χ2v) is 6.14. The molecule has 110 valence electrons. The molecule has 2 amide bonds. The number of piperazine rings is 1. The van der Waals surface area contributed by atoms with Crippen molar-refractivity contribution in [3.63, 3.8) is 0 Å². The first-order valence-electron chi connectivity index (χ1n) is 6.80. The maximum Gasteiger partial charge on any atom is 0.236 e. The fourth-order valence-electron chi connectivity index (χ4n) is 2.26. The van der Waals surface area contributed by atoms with E-state index in [-0.39, 0.29) is 11.8 Å². The summed E-state index contributed by atoms with van der Waals surface area (Å²) in [6, 6.07) is 4.04. The first-order chi connectivity index (χ1) is 9.56. The molecule has 5 nitrogen and oxygen atoms in total. The Labute approximate surface area is 123 Å². The highest BCUT2D eigenvalue weighted by molar-refractivity contribution is 7.09. The zero-order valence-corrected chi connectivity index (χ0v) is 12.9. The largest absolute Gasteiger partial charge is 0.340 e. The average Bonchev–Trinajstić information content (AvgIpc) is 2.92. The zero-order valence-electron chi connectivity index (χ0n) is 12.0. The molecule has 6 heteroatoms. The van der Waals surface area contributed by atoms with E-state index >= 15 is 0 Å². The van der Waals surface area contributed by atoms with Crippen molar-refractivity contribution in [2.24, 2.45) is 0 Å². The van der Waals surface area contributed by atoms with Crippen molar-refractivity contribution in [3.05, 3.63) is 22.4 Å². The molecular formula is C14H21N3O2S. The number of likely N-dealkylation sites (N-methyl/N-ethyl adjacent to an activating group) is 1. The molecule has 1 fully saturated rings. The van der Waals surface area contributed by atoms with Crippen LogP contribution in [0.1, 0.15) is 11.8 Å². The van der Waals surface area contributed by atoms with Crippen LogP contribution in [0.25, 0.3) is 0 Å². The Bertz CT molecular complexity index is 453. The minimum absolute atomic E-state index is 0.116. The maximum absolute atomic E-state index is 12.2. The molecule has 20 heavy (non-hydrogen) atoms. The van der Waals surface area contributed by atoms with E-state index in [4.69, 9.17) is 0 Å². The molecular weight excluding hydrogens is 274 g/mol. The summed E-state index contributed by atoms with van der Waals surface area (Å²) < 4.78 is 0. The quantitative estimate of drug-likeness (QED) is 0.828. The van der Waals surface area contributed by atoms with Crippen LogP contribution in [-0.2, 0) is 16.1 Å². The third kappa shape index (κ3) is 4.05. The highest BCUT2D eigenvalue weighted by Gasteiger charge is 2.21. The monoisotopic (exact) mass is 295 g/mol. The molecule has 0 atom stereocenters. The lowest BCUT2D eigenvalue weighted by molar-refractivity contribution is -0.133. The third-order valence-corrected chi connectivity index (χ3v) is 4.44. The Morgan fingerprint density at radius 2 is 2.00 bits per heavy atom. The molecule has 1 aliphatic rings.